The van der Waals surface area contributed by atoms with E-state index in [1.165, 1.54) is 0 Å². The number of amides is 1. The maximum absolute atomic E-state index is 13.9. The number of aromatic nitrogens is 3. The first kappa shape index (κ1) is 25.7. The van der Waals surface area contributed by atoms with Crippen molar-refractivity contribution in [1.29, 1.82) is 0 Å². The molecule has 10 nitrogen and oxygen atoms in total. The standard InChI is InChI=1S/C29H29N5O5/c1-17-25(28(35)31-22-11-7-9-13-24(22)39-5)26(21-10-6-8-12-23(21)38-4)34-29(30-17)32-27(33-34)18-14-19(36-2)16-20(15-18)37-3/h6-16,26H,1-5H3,(H,31,35)(H,30,32,33). The number of methoxy groups -OCH3 is 4. The molecule has 1 atom stereocenters. The topological polar surface area (TPSA) is 109 Å². The van der Waals surface area contributed by atoms with E-state index in [0.717, 1.165) is 5.56 Å². The minimum absolute atomic E-state index is 0.314. The van der Waals surface area contributed by atoms with Gasteiger partial charge < -0.3 is 29.6 Å². The molecular weight excluding hydrogens is 498 g/mol. The molecule has 1 amide bonds. The molecule has 1 aliphatic rings. The number of hydrogen-bond donors (Lipinski definition) is 2. The van der Waals surface area contributed by atoms with Crippen LogP contribution in [-0.2, 0) is 4.79 Å². The Hall–Kier alpha value is -4.99. The van der Waals surface area contributed by atoms with Gasteiger partial charge in [-0.25, -0.2) is 4.68 Å². The molecule has 4 aromatic rings. The van der Waals surface area contributed by atoms with Crippen LogP contribution in [0.25, 0.3) is 11.4 Å². The maximum Gasteiger partial charge on any atom is 0.255 e. The molecule has 200 valence electrons. The molecule has 0 aliphatic carbocycles. The van der Waals surface area contributed by atoms with E-state index in [2.05, 4.69) is 10.6 Å². The lowest BCUT2D eigenvalue weighted by molar-refractivity contribution is -0.113. The summed E-state index contributed by atoms with van der Waals surface area (Å²) in [5.41, 5.74) is 3.10. The second kappa shape index (κ2) is 10.8. The second-order valence-electron chi connectivity index (χ2n) is 8.77. The van der Waals surface area contributed by atoms with Gasteiger partial charge in [-0.1, -0.05) is 30.3 Å². The number of para-hydroxylation sites is 3. The minimum Gasteiger partial charge on any atom is -0.497 e. The van der Waals surface area contributed by atoms with Crippen molar-refractivity contribution >= 4 is 17.5 Å². The molecule has 1 unspecified atom stereocenters. The van der Waals surface area contributed by atoms with Crippen LogP contribution in [-0.4, -0.2) is 49.1 Å². The number of carbonyl (C=O) groups excluding carboxylic acids is 1. The number of rotatable bonds is 8. The summed E-state index contributed by atoms with van der Waals surface area (Å²) in [6.07, 6.45) is 0. The maximum atomic E-state index is 13.9. The van der Waals surface area contributed by atoms with Crippen molar-refractivity contribution in [2.45, 2.75) is 13.0 Å². The smallest absolute Gasteiger partial charge is 0.255 e. The van der Waals surface area contributed by atoms with Crippen LogP contribution in [0, 0.1) is 0 Å². The Morgan fingerprint density at radius 1 is 0.872 bits per heavy atom. The van der Waals surface area contributed by atoms with Crippen LogP contribution in [0.2, 0.25) is 0 Å². The summed E-state index contributed by atoms with van der Waals surface area (Å²) in [5.74, 6) is 2.99. The molecule has 2 N–H and O–H groups in total. The zero-order valence-corrected chi connectivity index (χ0v) is 22.3. The third kappa shape index (κ3) is 4.84. The number of anilines is 2. The van der Waals surface area contributed by atoms with Crippen LogP contribution in [0.4, 0.5) is 11.6 Å². The molecule has 0 spiro atoms. The lowest BCUT2D eigenvalue weighted by Gasteiger charge is -2.29. The van der Waals surface area contributed by atoms with Gasteiger partial charge in [0.15, 0.2) is 5.82 Å². The predicted octanol–water partition coefficient (Wildman–Crippen LogP) is 4.91. The second-order valence-corrected chi connectivity index (χ2v) is 8.77. The number of fused-ring (bicyclic) bond motifs is 1. The van der Waals surface area contributed by atoms with E-state index in [9.17, 15) is 4.79 Å². The third-order valence-corrected chi connectivity index (χ3v) is 6.50. The quantitative estimate of drug-likeness (QED) is 0.333. The fraction of sp³-hybridized carbons (Fsp3) is 0.207. The molecule has 1 aromatic heterocycles. The van der Waals surface area contributed by atoms with E-state index in [1.807, 2.05) is 55.5 Å². The van der Waals surface area contributed by atoms with Gasteiger partial charge in [-0.2, -0.15) is 4.98 Å². The summed E-state index contributed by atoms with van der Waals surface area (Å²) in [4.78, 5) is 18.6. The van der Waals surface area contributed by atoms with E-state index >= 15 is 0 Å². The summed E-state index contributed by atoms with van der Waals surface area (Å²) in [6.45, 7) is 1.84. The van der Waals surface area contributed by atoms with Crippen molar-refractivity contribution in [2.24, 2.45) is 0 Å². The average molecular weight is 528 g/mol. The summed E-state index contributed by atoms with van der Waals surface area (Å²) in [7, 11) is 6.33. The van der Waals surface area contributed by atoms with E-state index in [0.29, 0.717) is 57.3 Å². The van der Waals surface area contributed by atoms with Gasteiger partial charge in [0.2, 0.25) is 5.95 Å². The van der Waals surface area contributed by atoms with Crippen LogP contribution in [0.1, 0.15) is 18.5 Å². The minimum atomic E-state index is -0.638. The predicted molar refractivity (Wildman–Crippen MR) is 148 cm³/mol. The Bertz CT molecular complexity index is 1540. The molecule has 2 heterocycles. The highest BCUT2D eigenvalue weighted by Crippen LogP contribution is 2.41. The highest BCUT2D eigenvalue weighted by Gasteiger charge is 2.36. The van der Waals surface area contributed by atoms with Crippen molar-refractivity contribution in [2.75, 3.05) is 39.1 Å². The number of nitrogens with zero attached hydrogens (tertiary/aromatic N) is 3. The first-order valence-electron chi connectivity index (χ1n) is 12.2. The van der Waals surface area contributed by atoms with Crippen molar-refractivity contribution in [1.82, 2.24) is 14.8 Å². The van der Waals surface area contributed by atoms with Crippen LogP contribution in [0.3, 0.4) is 0 Å². The number of allylic oxidation sites excluding steroid dienone is 1. The molecule has 5 rings (SSSR count). The Kier molecular flexibility index (Phi) is 7.09. The molecule has 0 fully saturated rings. The van der Waals surface area contributed by atoms with Crippen LogP contribution in [0.5, 0.6) is 23.0 Å². The van der Waals surface area contributed by atoms with E-state index in [4.69, 9.17) is 29.0 Å². The lowest BCUT2D eigenvalue weighted by Crippen LogP contribution is -2.31. The summed E-state index contributed by atoms with van der Waals surface area (Å²) >= 11 is 0. The van der Waals surface area contributed by atoms with Crippen molar-refractivity contribution in [3.63, 3.8) is 0 Å². The summed E-state index contributed by atoms with van der Waals surface area (Å²) in [5, 5.41) is 11.1. The van der Waals surface area contributed by atoms with Gasteiger partial charge in [-0.15, -0.1) is 5.10 Å². The molecule has 0 saturated carbocycles. The lowest BCUT2D eigenvalue weighted by atomic mass is 9.94. The largest absolute Gasteiger partial charge is 0.497 e. The van der Waals surface area contributed by atoms with Crippen molar-refractivity contribution in [3.8, 4) is 34.4 Å². The molecule has 3 aromatic carbocycles. The average Bonchev–Trinajstić information content (AvgIpc) is 3.40. The summed E-state index contributed by atoms with van der Waals surface area (Å²) < 4.78 is 23.7. The number of benzene rings is 3. The Balaban J connectivity index is 1.64. The van der Waals surface area contributed by atoms with Crippen molar-refractivity contribution in [3.05, 3.63) is 83.6 Å². The van der Waals surface area contributed by atoms with Gasteiger partial charge in [-0.3, -0.25) is 4.79 Å². The fourth-order valence-electron chi connectivity index (χ4n) is 4.62. The normalized spacial score (nSPS) is 14.2. The SMILES string of the molecule is COc1cc(OC)cc(-c2nc3n(n2)C(c2ccccc2OC)C(C(=O)Nc2ccccc2OC)=C(C)N3)c1. The first-order valence-corrected chi connectivity index (χ1v) is 12.2. The zero-order chi connectivity index (χ0) is 27.5. The van der Waals surface area contributed by atoms with Gasteiger partial charge in [-0.05, 0) is 37.3 Å². The van der Waals surface area contributed by atoms with Gasteiger partial charge in [0, 0.05) is 22.9 Å². The first-order chi connectivity index (χ1) is 19.0. The van der Waals surface area contributed by atoms with Crippen LogP contribution in [0.15, 0.2) is 78.0 Å². The number of carbonyl (C=O) groups is 1. The Morgan fingerprint density at radius 2 is 1.51 bits per heavy atom. The third-order valence-electron chi connectivity index (χ3n) is 6.50. The molecular formula is C29H29N5O5. The molecule has 0 bridgehead atoms. The van der Waals surface area contributed by atoms with E-state index in [-0.39, 0.29) is 5.91 Å². The van der Waals surface area contributed by atoms with Gasteiger partial charge in [0.25, 0.3) is 5.91 Å². The van der Waals surface area contributed by atoms with Crippen LogP contribution >= 0.6 is 0 Å². The Labute approximate surface area is 226 Å². The molecule has 10 heteroatoms. The van der Waals surface area contributed by atoms with Gasteiger partial charge in [0.05, 0.1) is 39.7 Å². The molecule has 0 radical (unpaired) electrons. The number of ether oxygens (including phenoxy) is 4. The zero-order valence-electron chi connectivity index (χ0n) is 22.3. The van der Waals surface area contributed by atoms with E-state index < -0.39 is 6.04 Å². The Morgan fingerprint density at radius 3 is 2.18 bits per heavy atom. The highest BCUT2D eigenvalue weighted by atomic mass is 16.5. The number of hydrogen-bond acceptors (Lipinski definition) is 8. The van der Waals surface area contributed by atoms with E-state index in [1.54, 1.807) is 51.3 Å². The fourth-order valence-corrected chi connectivity index (χ4v) is 4.62. The molecule has 1 aliphatic heterocycles. The molecule has 0 saturated heterocycles. The van der Waals surface area contributed by atoms with Gasteiger partial charge >= 0.3 is 0 Å². The monoisotopic (exact) mass is 527 g/mol. The highest BCUT2D eigenvalue weighted by molar-refractivity contribution is 6.06. The summed E-state index contributed by atoms with van der Waals surface area (Å²) in [6, 6.07) is 19.6. The van der Waals surface area contributed by atoms with Crippen LogP contribution < -0.4 is 29.6 Å². The van der Waals surface area contributed by atoms with Gasteiger partial charge in [0.1, 0.15) is 29.0 Å². The van der Waals surface area contributed by atoms with Crippen molar-refractivity contribution < 1.29 is 23.7 Å². The number of nitrogens with one attached hydrogen (secondary N) is 2. The molecule has 39 heavy (non-hydrogen) atoms.